The Kier molecular flexibility index (Phi) is 8.14. The van der Waals surface area contributed by atoms with Crippen molar-refractivity contribution in [1.82, 2.24) is 4.98 Å². The van der Waals surface area contributed by atoms with E-state index in [-0.39, 0.29) is 5.97 Å². The minimum absolute atomic E-state index is 0.371. The summed E-state index contributed by atoms with van der Waals surface area (Å²) in [5, 5.41) is 0. The van der Waals surface area contributed by atoms with E-state index in [1.807, 2.05) is 0 Å². The molecule has 0 aliphatic rings. The van der Waals surface area contributed by atoms with Gasteiger partial charge in [0.05, 0.1) is 12.7 Å². The molecular formula is C17H23NO2. The fourth-order valence-corrected chi connectivity index (χ4v) is 1.85. The first-order valence-electron chi connectivity index (χ1n) is 7.31. The van der Waals surface area contributed by atoms with Crippen LogP contribution in [0.1, 0.15) is 67.9 Å². The van der Waals surface area contributed by atoms with Crippen molar-refractivity contribution in [2.45, 2.75) is 51.9 Å². The number of unbranched alkanes of at least 4 members (excludes halogenated alkanes) is 6. The number of pyridine rings is 1. The second-order valence-electron chi connectivity index (χ2n) is 4.74. The van der Waals surface area contributed by atoms with Crippen molar-refractivity contribution in [3.63, 3.8) is 0 Å². The third kappa shape index (κ3) is 6.38. The molecule has 1 aromatic heterocycles. The lowest BCUT2D eigenvalue weighted by molar-refractivity contribution is 0.0600. The number of methoxy groups -OCH3 is 1. The average Bonchev–Trinajstić information content (AvgIpc) is 2.50. The number of aromatic nitrogens is 1. The second kappa shape index (κ2) is 10.0. The molecule has 1 aromatic rings. The smallest absolute Gasteiger partial charge is 0.339 e. The van der Waals surface area contributed by atoms with Gasteiger partial charge in [-0.25, -0.2) is 9.78 Å². The van der Waals surface area contributed by atoms with Crippen LogP contribution >= 0.6 is 0 Å². The molecule has 0 radical (unpaired) electrons. The van der Waals surface area contributed by atoms with Crippen molar-refractivity contribution in [1.29, 1.82) is 0 Å². The van der Waals surface area contributed by atoms with E-state index >= 15 is 0 Å². The number of carbonyl (C=O) groups is 1. The maximum atomic E-state index is 11.2. The minimum atomic E-state index is -0.371. The first kappa shape index (κ1) is 16.2. The van der Waals surface area contributed by atoms with Crippen molar-refractivity contribution in [2.75, 3.05) is 7.11 Å². The highest BCUT2D eigenvalue weighted by Gasteiger charge is 2.03. The van der Waals surface area contributed by atoms with E-state index in [1.54, 1.807) is 12.1 Å². The summed E-state index contributed by atoms with van der Waals surface area (Å²) in [6, 6.07) is 3.44. The molecule has 1 heterocycles. The summed E-state index contributed by atoms with van der Waals surface area (Å²) < 4.78 is 4.61. The van der Waals surface area contributed by atoms with Crippen LogP contribution in [0.3, 0.4) is 0 Å². The van der Waals surface area contributed by atoms with E-state index in [2.05, 4.69) is 28.5 Å². The highest BCUT2D eigenvalue weighted by molar-refractivity contribution is 5.88. The zero-order chi connectivity index (χ0) is 14.6. The van der Waals surface area contributed by atoms with Gasteiger partial charge in [-0.3, -0.25) is 0 Å². The molecule has 0 aliphatic carbocycles. The number of nitrogens with zero attached hydrogens (tertiary/aromatic N) is 1. The van der Waals surface area contributed by atoms with Crippen molar-refractivity contribution in [3.8, 4) is 11.8 Å². The lowest BCUT2D eigenvalue weighted by Gasteiger charge is -1.97. The monoisotopic (exact) mass is 273 g/mol. The summed E-state index contributed by atoms with van der Waals surface area (Å²) in [4.78, 5) is 15.4. The van der Waals surface area contributed by atoms with Crippen LogP contribution in [0.4, 0.5) is 0 Å². The van der Waals surface area contributed by atoms with Gasteiger partial charge in [0.15, 0.2) is 0 Å². The molecule has 1 rings (SSSR count). The van der Waals surface area contributed by atoms with Crippen LogP contribution in [0.2, 0.25) is 0 Å². The van der Waals surface area contributed by atoms with Crippen LogP contribution in [-0.2, 0) is 4.74 Å². The Morgan fingerprint density at radius 2 is 1.95 bits per heavy atom. The molecule has 0 unspecified atom stereocenters. The summed E-state index contributed by atoms with van der Waals surface area (Å²) in [5.41, 5.74) is 1.15. The van der Waals surface area contributed by atoms with E-state index in [0.717, 1.165) is 12.8 Å². The highest BCUT2D eigenvalue weighted by Crippen LogP contribution is 2.06. The van der Waals surface area contributed by atoms with E-state index in [1.165, 1.54) is 45.4 Å². The summed E-state index contributed by atoms with van der Waals surface area (Å²) in [6.45, 7) is 2.23. The Morgan fingerprint density at radius 3 is 2.60 bits per heavy atom. The second-order valence-corrected chi connectivity index (χ2v) is 4.74. The largest absolute Gasteiger partial charge is 0.465 e. The molecule has 0 spiro atoms. The van der Waals surface area contributed by atoms with Crippen LogP contribution in [0.25, 0.3) is 0 Å². The Hall–Kier alpha value is -1.82. The Morgan fingerprint density at radius 1 is 1.20 bits per heavy atom. The lowest BCUT2D eigenvalue weighted by atomic mass is 10.1. The minimum Gasteiger partial charge on any atom is -0.465 e. The topological polar surface area (TPSA) is 39.2 Å². The average molecular weight is 273 g/mol. The third-order valence-electron chi connectivity index (χ3n) is 3.06. The van der Waals surface area contributed by atoms with Gasteiger partial charge in [0, 0.05) is 12.6 Å². The molecule has 20 heavy (non-hydrogen) atoms. The maximum Gasteiger partial charge on any atom is 0.339 e. The van der Waals surface area contributed by atoms with E-state index in [0.29, 0.717) is 11.3 Å². The van der Waals surface area contributed by atoms with Crippen molar-refractivity contribution in [2.24, 2.45) is 0 Å². The molecule has 3 nitrogen and oxygen atoms in total. The third-order valence-corrected chi connectivity index (χ3v) is 3.06. The molecule has 0 bridgehead atoms. The van der Waals surface area contributed by atoms with Crippen molar-refractivity contribution in [3.05, 3.63) is 29.6 Å². The fraction of sp³-hybridized carbons (Fsp3) is 0.529. The summed E-state index contributed by atoms with van der Waals surface area (Å²) in [5.74, 6) is 5.77. The predicted octanol–water partition coefficient (Wildman–Crippen LogP) is 3.97. The number of ether oxygens (including phenoxy) is 1. The number of esters is 1. The van der Waals surface area contributed by atoms with Crippen LogP contribution in [0.15, 0.2) is 18.3 Å². The molecule has 0 fully saturated rings. The molecular weight excluding hydrogens is 250 g/mol. The molecule has 108 valence electrons. The number of hydrogen-bond donors (Lipinski definition) is 0. The molecule has 0 amide bonds. The first-order valence-corrected chi connectivity index (χ1v) is 7.31. The van der Waals surface area contributed by atoms with Gasteiger partial charge in [-0.15, -0.1) is 0 Å². The number of rotatable bonds is 7. The van der Waals surface area contributed by atoms with Gasteiger partial charge in [0.1, 0.15) is 5.69 Å². The molecule has 0 aliphatic heterocycles. The Balaban J connectivity index is 2.28. The first-order chi connectivity index (χ1) is 9.77. The molecule has 3 heteroatoms. The zero-order valence-corrected chi connectivity index (χ0v) is 12.4. The zero-order valence-electron chi connectivity index (χ0n) is 12.4. The van der Waals surface area contributed by atoms with Crippen LogP contribution < -0.4 is 0 Å². The SMILES string of the molecule is CCCCCCCCC#Cc1ccc(C(=O)OC)cn1. The highest BCUT2D eigenvalue weighted by atomic mass is 16.5. The van der Waals surface area contributed by atoms with Gasteiger partial charge in [-0.05, 0) is 24.5 Å². The maximum absolute atomic E-state index is 11.2. The van der Waals surface area contributed by atoms with Gasteiger partial charge in [-0.1, -0.05) is 44.9 Å². The Labute approximate surface area is 121 Å². The van der Waals surface area contributed by atoms with E-state index < -0.39 is 0 Å². The lowest BCUT2D eigenvalue weighted by Crippen LogP contribution is -2.01. The normalized spacial score (nSPS) is 9.70. The molecule has 0 N–H and O–H groups in total. The standard InChI is InChI=1S/C17H23NO2/c1-3-4-5-6-7-8-9-10-11-16-13-12-15(14-18-16)17(19)20-2/h12-14H,3-9H2,1-2H3. The summed E-state index contributed by atoms with van der Waals surface area (Å²) >= 11 is 0. The summed E-state index contributed by atoms with van der Waals surface area (Å²) in [6.07, 6.45) is 10.1. The quantitative estimate of drug-likeness (QED) is 0.428. The van der Waals surface area contributed by atoms with Gasteiger partial charge in [-0.2, -0.15) is 0 Å². The van der Waals surface area contributed by atoms with Crippen LogP contribution in [0.5, 0.6) is 0 Å². The molecule has 0 saturated heterocycles. The van der Waals surface area contributed by atoms with Gasteiger partial charge in [0.2, 0.25) is 0 Å². The van der Waals surface area contributed by atoms with Crippen LogP contribution in [0, 0.1) is 11.8 Å². The van der Waals surface area contributed by atoms with Gasteiger partial charge < -0.3 is 4.74 Å². The predicted molar refractivity (Wildman–Crippen MR) is 80.4 cm³/mol. The van der Waals surface area contributed by atoms with Crippen LogP contribution in [-0.4, -0.2) is 18.1 Å². The van der Waals surface area contributed by atoms with Crippen molar-refractivity contribution < 1.29 is 9.53 Å². The number of hydrogen-bond acceptors (Lipinski definition) is 3. The van der Waals surface area contributed by atoms with Gasteiger partial charge >= 0.3 is 5.97 Å². The Bertz CT molecular complexity index is 454. The summed E-state index contributed by atoms with van der Waals surface area (Å²) in [7, 11) is 1.36. The molecule has 0 atom stereocenters. The fourth-order valence-electron chi connectivity index (χ4n) is 1.85. The molecule has 0 aromatic carbocycles. The molecule has 0 saturated carbocycles. The number of carbonyl (C=O) groups excluding carboxylic acids is 1. The van der Waals surface area contributed by atoms with Gasteiger partial charge in [0.25, 0.3) is 0 Å². The van der Waals surface area contributed by atoms with E-state index in [4.69, 9.17) is 0 Å². The van der Waals surface area contributed by atoms with Crippen molar-refractivity contribution >= 4 is 5.97 Å². The van der Waals surface area contributed by atoms with E-state index in [9.17, 15) is 4.79 Å².